The molecule has 0 aliphatic heterocycles. The van der Waals surface area contributed by atoms with Gasteiger partial charge in [-0.3, -0.25) is 14.9 Å². The number of nitrogens with zero attached hydrogens (tertiary/aromatic N) is 2. The van der Waals surface area contributed by atoms with Crippen LogP contribution >= 0.6 is 0 Å². The molecule has 7 nitrogen and oxygen atoms in total. The molecule has 1 aromatic carbocycles. The molecule has 0 saturated carbocycles. The Morgan fingerprint density at radius 3 is 2.67 bits per heavy atom. The monoisotopic (exact) mass is 292 g/mol. The van der Waals surface area contributed by atoms with Gasteiger partial charge in [-0.25, -0.2) is 4.79 Å². The van der Waals surface area contributed by atoms with Crippen LogP contribution in [0.25, 0.3) is 0 Å². The van der Waals surface area contributed by atoms with Crippen molar-refractivity contribution in [3.63, 3.8) is 0 Å². The van der Waals surface area contributed by atoms with Crippen molar-refractivity contribution in [3.05, 3.63) is 51.6 Å². The molecule has 0 atom stereocenters. The number of para-hydroxylation sites is 1. The molecular weight excluding hydrogens is 276 g/mol. The van der Waals surface area contributed by atoms with Crippen LogP contribution in [0.4, 0.5) is 5.69 Å². The van der Waals surface area contributed by atoms with Crippen molar-refractivity contribution >= 4 is 18.1 Å². The number of nitro benzene ring substituents is 1. The first-order valence-corrected chi connectivity index (χ1v) is 6.27. The van der Waals surface area contributed by atoms with Crippen LogP contribution in [0.5, 0.6) is 0 Å². The topological polar surface area (TPSA) is 101 Å². The first-order chi connectivity index (χ1) is 9.95. The van der Waals surface area contributed by atoms with Crippen LogP contribution in [0.3, 0.4) is 0 Å². The van der Waals surface area contributed by atoms with Crippen molar-refractivity contribution in [1.82, 2.24) is 4.90 Å². The van der Waals surface area contributed by atoms with Crippen LogP contribution in [-0.4, -0.2) is 33.9 Å². The minimum Gasteiger partial charge on any atom is -0.478 e. The average Bonchev–Trinajstić information content (AvgIpc) is 2.46. The van der Waals surface area contributed by atoms with E-state index >= 15 is 0 Å². The van der Waals surface area contributed by atoms with E-state index in [0.29, 0.717) is 24.9 Å². The maximum absolute atomic E-state index is 11.0. The third-order valence-corrected chi connectivity index (χ3v) is 2.91. The molecule has 0 saturated heterocycles. The molecule has 1 rings (SSSR count). The van der Waals surface area contributed by atoms with Gasteiger partial charge in [0.1, 0.15) is 0 Å². The van der Waals surface area contributed by atoms with Crippen LogP contribution in [0.2, 0.25) is 0 Å². The Morgan fingerprint density at radius 2 is 2.10 bits per heavy atom. The molecule has 0 heterocycles. The fraction of sp³-hybridized carbons (Fsp3) is 0.286. The van der Waals surface area contributed by atoms with Crippen LogP contribution < -0.4 is 0 Å². The first kappa shape index (κ1) is 16.4. The molecule has 1 aromatic rings. The van der Waals surface area contributed by atoms with Gasteiger partial charge in [0.05, 0.1) is 11.5 Å². The molecule has 0 aliphatic carbocycles. The highest BCUT2D eigenvalue weighted by Crippen LogP contribution is 2.19. The maximum Gasteiger partial charge on any atom is 0.330 e. The van der Waals surface area contributed by atoms with Gasteiger partial charge in [-0.2, -0.15) is 0 Å². The van der Waals surface area contributed by atoms with Gasteiger partial charge in [0, 0.05) is 23.7 Å². The van der Waals surface area contributed by atoms with E-state index in [-0.39, 0.29) is 17.8 Å². The molecule has 21 heavy (non-hydrogen) atoms. The number of amides is 1. The van der Waals surface area contributed by atoms with E-state index in [4.69, 9.17) is 5.11 Å². The molecule has 0 aromatic heterocycles. The average molecular weight is 292 g/mol. The molecule has 0 aliphatic rings. The third kappa shape index (κ3) is 5.06. The fourth-order valence-corrected chi connectivity index (χ4v) is 1.74. The summed E-state index contributed by atoms with van der Waals surface area (Å²) in [6.45, 7) is 1.87. The molecule has 112 valence electrons. The maximum atomic E-state index is 11.0. The van der Waals surface area contributed by atoms with E-state index in [1.165, 1.54) is 24.0 Å². The fourth-order valence-electron chi connectivity index (χ4n) is 1.74. The van der Waals surface area contributed by atoms with E-state index < -0.39 is 10.9 Å². The quantitative estimate of drug-likeness (QED) is 0.341. The van der Waals surface area contributed by atoms with Gasteiger partial charge >= 0.3 is 5.97 Å². The number of benzene rings is 1. The predicted molar refractivity (Wildman–Crippen MR) is 75.6 cm³/mol. The number of carboxylic acid groups (broad SMARTS) is 1. The number of hydrogen-bond acceptors (Lipinski definition) is 4. The van der Waals surface area contributed by atoms with Gasteiger partial charge in [0.25, 0.3) is 5.69 Å². The predicted octanol–water partition coefficient (Wildman–Crippen LogP) is 1.97. The molecule has 7 heteroatoms. The Hall–Kier alpha value is -2.70. The Kier molecular flexibility index (Phi) is 6.06. The van der Waals surface area contributed by atoms with Crippen molar-refractivity contribution in [2.45, 2.75) is 19.9 Å². The summed E-state index contributed by atoms with van der Waals surface area (Å²) in [6, 6.07) is 6.20. The summed E-state index contributed by atoms with van der Waals surface area (Å²) in [7, 11) is 0. The summed E-state index contributed by atoms with van der Waals surface area (Å²) < 4.78 is 0. The van der Waals surface area contributed by atoms with Crippen molar-refractivity contribution < 1.29 is 19.6 Å². The number of aliphatic carboxylic acids is 1. The summed E-state index contributed by atoms with van der Waals surface area (Å²) >= 11 is 0. The van der Waals surface area contributed by atoms with Gasteiger partial charge in [-0.15, -0.1) is 0 Å². The van der Waals surface area contributed by atoms with Gasteiger partial charge in [-0.05, 0) is 13.3 Å². The SMILES string of the molecule is CC(=CCCN(C=O)Cc1ccccc1[N+](=O)[O-])C(=O)O. The van der Waals surface area contributed by atoms with E-state index in [9.17, 15) is 19.7 Å². The second-order valence-corrected chi connectivity index (χ2v) is 4.44. The lowest BCUT2D eigenvalue weighted by Crippen LogP contribution is -2.22. The summed E-state index contributed by atoms with van der Waals surface area (Å²) in [6.07, 6.45) is 2.48. The van der Waals surface area contributed by atoms with E-state index in [1.54, 1.807) is 18.2 Å². The second-order valence-electron chi connectivity index (χ2n) is 4.44. The normalized spacial score (nSPS) is 11.0. The number of carbonyl (C=O) groups excluding carboxylic acids is 1. The Balaban J connectivity index is 2.71. The Morgan fingerprint density at radius 1 is 1.43 bits per heavy atom. The number of nitro groups is 1. The van der Waals surface area contributed by atoms with Gasteiger partial charge in [-0.1, -0.05) is 24.3 Å². The third-order valence-electron chi connectivity index (χ3n) is 2.91. The zero-order valence-electron chi connectivity index (χ0n) is 11.6. The lowest BCUT2D eigenvalue weighted by atomic mass is 10.1. The zero-order chi connectivity index (χ0) is 15.8. The highest BCUT2D eigenvalue weighted by molar-refractivity contribution is 5.85. The highest BCUT2D eigenvalue weighted by atomic mass is 16.6. The van der Waals surface area contributed by atoms with E-state index in [0.717, 1.165) is 0 Å². The number of hydrogen-bond donors (Lipinski definition) is 1. The van der Waals surface area contributed by atoms with Crippen molar-refractivity contribution in [3.8, 4) is 0 Å². The number of carbonyl (C=O) groups is 2. The summed E-state index contributed by atoms with van der Waals surface area (Å²) in [4.78, 5) is 33.4. The van der Waals surface area contributed by atoms with E-state index in [1.807, 2.05) is 0 Å². The summed E-state index contributed by atoms with van der Waals surface area (Å²) in [5.41, 5.74) is 0.599. The molecule has 0 fully saturated rings. The molecule has 0 unspecified atom stereocenters. The molecule has 1 N–H and O–H groups in total. The zero-order valence-corrected chi connectivity index (χ0v) is 11.6. The largest absolute Gasteiger partial charge is 0.478 e. The minimum atomic E-state index is -1.01. The van der Waals surface area contributed by atoms with Crippen molar-refractivity contribution in [2.75, 3.05) is 6.54 Å². The van der Waals surface area contributed by atoms with Crippen LogP contribution in [0.1, 0.15) is 18.9 Å². The Bertz CT molecular complexity index is 568. The van der Waals surface area contributed by atoms with Gasteiger partial charge in [0.15, 0.2) is 0 Å². The minimum absolute atomic E-state index is 0.0402. The Labute approximate surface area is 121 Å². The lowest BCUT2D eigenvalue weighted by molar-refractivity contribution is -0.385. The standard InChI is InChI=1S/C14H16N2O5/c1-11(14(18)19)5-4-8-15(10-17)9-12-6-2-3-7-13(12)16(20)21/h2-3,5-7,10H,4,8-9H2,1H3,(H,18,19). The summed E-state index contributed by atoms with van der Waals surface area (Å²) in [5, 5.41) is 19.6. The number of rotatable bonds is 8. The van der Waals surface area contributed by atoms with Gasteiger partial charge < -0.3 is 10.0 Å². The molecule has 0 spiro atoms. The van der Waals surface area contributed by atoms with Crippen LogP contribution in [0, 0.1) is 10.1 Å². The highest BCUT2D eigenvalue weighted by Gasteiger charge is 2.14. The number of carboxylic acids is 1. The summed E-state index contributed by atoms with van der Waals surface area (Å²) in [5.74, 6) is -1.01. The smallest absolute Gasteiger partial charge is 0.330 e. The molecule has 0 radical (unpaired) electrons. The van der Waals surface area contributed by atoms with Crippen molar-refractivity contribution in [1.29, 1.82) is 0 Å². The second kappa shape index (κ2) is 7.78. The first-order valence-electron chi connectivity index (χ1n) is 6.27. The lowest BCUT2D eigenvalue weighted by Gasteiger charge is -2.16. The van der Waals surface area contributed by atoms with E-state index in [2.05, 4.69) is 0 Å². The van der Waals surface area contributed by atoms with Gasteiger partial charge in [0.2, 0.25) is 6.41 Å². The van der Waals surface area contributed by atoms with Crippen LogP contribution in [-0.2, 0) is 16.1 Å². The van der Waals surface area contributed by atoms with Crippen molar-refractivity contribution in [2.24, 2.45) is 0 Å². The van der Waals surface area contributed by atoms with Crippen LogP contribution in [0.15, 0.2) is 35.9 Å². The molecular formula is C14H16N2O5. The molecule has 1 amide bonds. The molecule has 0 bridgehead atoms.